The maximum Gasteiger partial charge on any atom is 0.586 e. The molecule has 1 amide bonds. The first-order valence-corrected chi connectivity index (χ1v) is 11.5. The van der Waals surface area contributed by atoms with Gasteiger partial charge in [0.2, 0.25) is 11.7 Å². The van der Waals surface area contributed by atoms with E-state index in [1.54, 1.807) is 0 Å². The van der Waals surface area contributed by atoms with Gasteiger partial charge in [-0.1, -0.05) is 29.8 Å². The van der Waals surface area contributed by atoms with Gasteiger partial charge >= 0.3 is 18.4 Å². The lowest BCUT2D eigenvalue weighted by Gasteiger charge is -2.27. The molecule has 0 spiro atoms. The first-order chi connectivity index (χ1) is 17.2. The number of aryl methyl sites for hydroxylation is 1. The molecular weight excluding hydrogens is 505 g/mol. The summed E-state index contributed by atoms with van der Waals surface area (Å²) < 4.78 is 77.2. The van der Waals surface area contributed by atoms with Crippen molar-refractivity contribution in [3.63, 3.8) is 0 Å². The third-order valence-electron chi connectivity index (χ3n) is 6.03. The number of hydrogen-bond acceptors (Lipinski definition) is 5. The highest BCUT2D eigenvalue weighted by Gasteiger charge is 2.45. The third kappa shape index (κ3) is 7.70. The van der Waals surface area contributed by atoms with Gasteiger partial charge in [0.1, 0.15) is 0 Å². The number of rotatable bonds is 6. The molecule has 3 N–H and O–H groups in total. The number of aliphatic carboxylic acids is 1. The molecule has 4 rings (SSSR count). The third-order valence-corrected chi connectivity index (χ3v) is 6.03. The molecule has 1 aliphatic heterocycles. The molecule has 1 saturated carbocycles. The minimum atomic E-state index is -4.15. The number of nitrogens with two attached hydrogens (primary N) is 1. The van der Waals surface area contributed by atoms with Crippen LogP contribution in [0.4, 0.5) is 22.0 Å². The fourth-order valence-corrected chi connectivity index (χ4v) is 4.08. The van der Waals surface area contributed by atoms with Crippen molar-refractivity contribution in [1.29, 1.82) is 0 Å². The average molecular weight is 531 g/mol. The number of alkyl halides is 5. The van der Waals surface area contributed by atoms with Crippen LogP contribution >= 0.6 is 0 Å². The highest BCUT2D eigenvalue weighted by molar-refractivity contribution is 5.94. The topological polar surface area (TPSA) is 108 Å². The molecule has 1 aliphatic carbocycles. The zero-order chi connectivity index (χ0) is 27.4. The molecule has 12 heteroatoms. The van der Waals surface area contributed by atoms with Gasteiger partial charge < -0.3 is 25.1 Å². The number of primary amides is 1. The number of carbonyl (C=O) groups is 2. The van der Waals surface area contributed by atoms with Crippen molar-refractivity contribution in [2.45, 2.75) is 51.5 Å². The Hall–Kier alpha value is -3.57. The van der Waals surface area contributed by atoms with Crippen LogP contribution in [0, 0.1) is 18.8 Å². The Morgan fingerprint density at radius 3 is 2.35 bits per heavy atom. The van der Waals surface area contributed by atoms with Crippen LogP contribution in [0.3, 0.4) is 0 Å². The van der Waals surface area contributed by atoms with Gasteiger partial charge in [-0.15, -0.1) is 8.78 Å². The number of amides is 1. The number of hydrogen-bond donors (Lipinski definition) is 2. The highest BCUT2D eigenvalue weighted by Crippen LogP contribution is 2.48. The number of ether oxygens (including phenoxy) is 3. The molecule has 2 aromatic carbocycles. The Kier molecular flexibility index (Phi) is 8.49. The van der Waals surface area contributed by atoms with Gasteiger partial charge in [0.25, 0.3) is 0 Å². The number of halogens is 5. The minimum Gasteiger partial charge on any atom is -0.489 e. The first kappa shape index (κ1) is 28.0. The number of carboxylic acid groups (broad SMARTS) is 1. The summed E-state index contributed by atoms with van der Waals surface area (Å²) in [7, 11) is 0. The summed E-state index contributed by atoms with van der Waals surface area (Å²) in [5.74, 6) is -4.13. The van der Waals surface area contributed by atoms with Crippen molar-refractivity contribution in [1.82, 2.24) is 0 Å². The normalized spacial score (nSPS) is 19.9. The van der Waals surface area contributed by atoms with Gasteiger partial charge in [0.15, 0.2) is 11.5 Å². The quantitative estimate of drug-likeness (QED) is 0.479. The molecular formula is C25H26F5NO6. The number of carbonyl (C=O) groups excluding carboxylic acids is 1. The van der Waals surface area contributed by atoms with E-state index in [0.29, 0.717) is 6.42 Å². The monoisotopic (exact) mass is 531 g/mol. The van der Waals surface area contributed by atoms with Crippen LogP contribution in [0.5, 0.6) is 17.2 Å². The Morgan fingerprint density at radius 1 is 1.11 bits per heavy atom. The zero-order valence-corrected chi connectivity index (χ0v) is 19.8. The average Bonchev–Trinajstić information content (AvgIpc) is 3.13. The van der Waals surface area contributed by atoms with Crippen molar-refractivity contribution < 1.29 is 50.9 Å². The summed E-state index contributed by atoms with van der Waals surface area (Å²) in [5.41, 5.74) is 7.36. The Bertz CT molecular complexity index is 1130. The largest absolute Gasteiger partial charge is 0.586 e. The standard InChI is InChI=1S/C17H15F2NO4.C8H11F3O2/c1-10-3-2-4-11(7-10)5-6-22-13-8-12(16(20)21)9-14-15(13)24-17(18,19)23-14;9-8(10,11)6-3-1-5(2-4-6)7(12)13/h2-4,7-9H,5-6H2,1H3,(H2,20,21);5-6H,1-4H2,(H,12,13). The molecule has 7 nitrogen and oxygen atoms in total. The van der Waals surface area contributed by atoms with E-state index in [1.165, 1.54) is 6.07 Å². The van der Waals surface area contributed by atoms with Gasteiger partial charge in [-0.2, -0.15) is 13.2 Å². The van der Waals surface area contributed by atoms with Crippen molar-refractivity contribution in [2.24, 2.45) is 17.6 Å². The molecule has 2 aliphatic rings. The van der Waals surface area contributed by atoms with Crippen molar-refractivity contribution in [2.75, 3.05) is 6.61 Å². The number of carboxylic acids is 1. The van der Waals surface area contributed by atoms with Crippen LogP contribution in [-0.4, -0.2) is 36.1 Å². The Morgan fingerprint density at radius 2 is 1.78 bits per heavy atom. The van der Waals surface area contributed by atoms with E-state index >= 15 is 0 Å². The van der Waals surface area contributed by atoms with Gasteiger partial charge in [0, 0.05) is 12.0 Å². The summed E-state index contributed by atoms with van der Waals surface area (Å²) in [6.45, 7) is 2.19. The summed E-state index contributed by atoms with van der Waals surface area (Å²) in [6.07, 6.45) is -7.16. The maximum atomic E-state index is 13.3. The van der Waals surface area contributed by atoms with E-state index in [0.717, 1.165) is 17.2 Å². The predicted molar refractivity (Wildman–Crippen MR) is 121 cm³/mol. The molecule has 0 bridgehead atoms. The molecule has 1 heterocycles. The summed E-state index contributed by atoms with van der Waals surface area (Å²) in [4.78, 5) is 21.8. The highest BCUT2D eigenvalue weighted by atomic mass is 19.4. The molecule has 0 unspecified atom stereocenters. The van der Waals surface area contributed by atoms with Crippen LogP contribution in [-0.2, 0) is 11.2 Å². The van der Waals surface area contributed by atoms with Gasteiger partial charge in [-0.3, -0.25) is 9.59 Å². The first-order valence-electron chi connectivity index (χ1n) is 11.5. The molecule has 37 heavy (non-hydrogen) atoms. The van der Waals surface area contributed by atoms with E-state index in [4.69, 9.17) is 15.6 Å². The molecule has 0 saturated heterocycles. The van der Waals surface area contributed by atoms with Crippen LogP contribution < -0.4 is 19.9 Å². The van der Waals surface area contributed by atoms with Crippen molar-refractivity contribution in [3.8, 4) is 17.2 Å². The SMILES string of the molecule is Cc1cccc(CCOc2cc(C(N)=O)cc3c2OC(F)(F)O3)c1.O=C(O)C1CCC(C(F)(F)F)CC1. The number of benzene rings is 2. The van der Waals surface area contributed by atoms with E-state index in [9.17, 15) is 31.5 Å². The molecule has 0 aromatic heterocycles. The lowest BCUT2D eigenvalue weighted by molar-refractivity contribution is -0.287. The van der Waals surface area contributed by atoms with Gasteiger partial charge in [0.05, 0.1) is 18.4 Å². The van der Waals surface area contributed by atoms with E-state index in [2.05, 4.69) is 9.47 Å². The second kappa shape index (κ2) is 11.2. The molecule has 2 aromatic rings. The summed E-state index contributed by atoms with van der Waals surface area (Å²) in [6, 6.07) is 10.2. The van der Waals surface area contributed by atoms with Gasteiger partial charge in [-0.25, -0.2) is 0 Å². The molecule has 0 radical (unpaired) electrons. The van der Waals surface area contributed by atoms with Crippen molar-refractivity contribution >= 4 is 11.9 Å². The van der Waals surface area contributed by atoms with Gasteiger partial charge in [-0.05, 0) is 50.3 Å². The fourth-order valence-electron chi connectivity index (χ4n) is 4.08. The second-order valence-electron chi connectivity index (χ2n) is 8.85. The van der Waals surface area contributed by atoms with E-state index < -0.39 is 36.2 Å². The van der Waals surface area contributed by atoms with Crippen LogP contribution in [0.25, 0.3) is 0 Å². The predicted octanol–water partition coefficient (Wildman–Crippen LogP) is 5.48. The Labute approximate surface area is 209 Å². The number of fused-ring (bicyclic) bond motifs is 1. The van der Waals surface area contributed by atoms with Crippen LogP contribution in [0.15, 0.2) is 36.4 Å². The molecule has 1 fully saturated rings. The zero-order valence-electron chi connectivity index (χ0n) is 19.8. The Balaban J connectivity index is 0.000000248. The minimum absolute atomic E-state index is 0.000561. The van der Waals surface area contributed by atoms with Crippen LogP contribution in [0.1, 0.15) is 47.2 Å². The molecule has 0 atom stereocenters. The molecule has 202 valence electrons. The van der Waals surface area contributed by atoms with Crippen LogP contribution in [0.2, 0.25) is 0 Å². The van der Waals surface area contributed by atoms with E-state index in [1.807, 2.05) is 31.2 Å². The maximum absolute atomic E-state index is 13.3. The fraction of sp³-hybridized carbons (Fsp3) is 0.440. The smallest absolute Gasteiger partial charge is 0.489 e. The second-order valence-corrected chi connectivity index (χ2v) is 8.85. The summed E-state index contributed by atoms with van der Waals surface area (Å²) >= 11 is 0. The van der Waals surface area contributed by atoms with Crippen molar-refractivity contribution in [3.05, 3.63) is 53.1 Å². The lowest BCUT2D eigenvalue weighted by Crippen LogP contribution is -2.30. The van der Waals surface area contributed by atoms with E-state index in [-0.39, 0.29) is 55.1 Å². The summed E-state index contributed by atoms with van der Waals surface area (Å²) in [5, 5.41) is 8.55. The lowest BCUT2D eigenvalue weighted by atomic mass is 9.82.